The van der Waals surface area contributed by atoms with E-state index in [-0.39, 0.29) is 5.96 Å². The lowest BCUT2D eigenvalue weighted by Gasteiger charge is -2.01. The predicted molar refractivity (Wildman–Crippen MR) is 81.2 cm³/mol. The Hall–Kier alpha value is -2.05. The van der Waals surface area contributed by atoms with Crippen LogP contribution in [-0.4, -0.2) is 27.9 Å². The van der Waals surface area contributed by atoms with Crippen LogP contribution in [0.2, 0.25) is 0 Å². The number of rotatable bonds is 3. The average molecular weight is 312 g/mol. The van der Waals surface area contributed by atoms with Crippen LogP contribution in [-0.2, 0) is 4.79 Å². The first kappa shape index (κ1) is 14.4. The van der Waals surface area contributed by atoms with Gasteiger partial charge in [0.15, 0.2) is 4.84 Å². The molecule has 8 heteroatoms. The van der Waals surface area contributed by atoms with E-state index < -0.39 is 10.7 Å². The minimum atomic E-state index is -1.21. The Morgan fingerprint density at radius 2 is 2.15 bits per heavy atom. The van der Waals surface area contributed by atoms with E-state index in [2.05, 4.69) is 20.5 Å². The number of carbonyl (C=O) groups is 1. The summed E-state index contributed by atoms with van der Waals surface area (Å²) in [6, 6.07) is 7.76. The van der Waals surface area contributed by atoms with E-state index >= 15 is 0 Å². The van der Waals surface area contributed by atoms with Crippen LogP contribution in [0.1, 0.15) is 5.56 Å². The summed E-state index contributed by atoms with van der Waals surface area (Å²) < 4.78 is 0. The first-order valence-electron chi connectivity index (χ1n) is 5.59. The molecule has 6 nitrogen and oxygen atoms in total. The number of aromatic nitrogens is 1. The molecule has 1 heterocycles. The van der Waals surface area contributed by atoms with Crippen molar-refractivity contribution in [3.63, 3.8) is 0 Å². The second-order valence-electron chi connectivity index (χ2n) is 3.81. The first-order chi connectivity index (χ1) is 9.58. The molecular weight excluding hydrogens is 301 g/mol. The van der Waals surface area contributed by atoms with Crippen molar-refractivity contribution in [3.8, 4) is 0 Å². The zero-order valence-electron chi connectivity index (χ0n) is 10.2. The molecule has 1 aromatic carbocycles. The van der Waals surface area contributed by atoms with Crippen LogP contribution < -0.4 is 11.1 Å². The van der Waals surface area contributed by atoms with Crippen LogP contribution in [0, 0.1) is 0 Å². The molecule has 0 saturated carbocycles. The molecule has 1 amide bonds. The van der Waals surface area contributed by atoms with E-state index in [4.69, 9.17) is 28.9 Å². The number of H-pyrrole nitrogens is 1. The molecule has 2 aromatic rings. The summed E-state index contributed by atoms with van der Waals surface area (Å²) in [6.07, 6.45) is 3.32. The van der Waals surface area contributed by atoms with Crippen LogP contribution in [0.3, 0.4) is 0 Å². The molecule has 104 valence electrons. The molecule has 2 rings (SSSR count). The van der Waals surface area contributed by atoms with Crippen molar-refractivity contribution in [2.45, 2.75) is 4.84 Å². The van der Waals surface area contributed by atoms with Gasteiger partial charge in [0.05, 0.1) is 6.21 Å². The molecule has 0 bridgehead atoms. The van der Waals surface area contributed by atoms with Gasteiger partial charge in [-0.3, -0.25) is 10.1 Å². The molecular formula is C12H11Cl2N5O. The average Bonchev–Trinajstić information content (AvgIpc) is 2.82. The highest BCUT2D eigenvalue weighted by Crippen LogP contribution is 2.15. The first-order valence-corrected chi connectivity index (χ1v) is 6.47. The molecule has 0 radical (unpaired) electrons. The lowest BCUT2D eigenvalue weighted by atomic mass is 10.2. The zero-order chi connectivity index (χ0) is 14.5. The van der Waals surface area contributed by atoms with Crippen molar-refractivity contribution in [1.82, 2.24) is 10.3 Å². The van der Waals surface area contributed by atoms with E-state index in [0.717, 1.165) is 16.5 Å². The third-order valence-corrected chi connectivity index (χ3v) is 2.83. The molecule has 0 aliphatic rings. The number of para-hydroxylation sites is 1. The Morgan fingerprint density at radius 1 is 1.40 bits per heavy atom. The number of benzene rings is 1. The number of hydrogen-bond acceptors (Lipinski definition) is 3. The lowest BCUT2D eigenvalue weighted by molar-refractivity contribution is -0.118. The lowest BCUT2D eigenvalue weighted by Crippen LogP contribution is -2.39. The summed E-state index contributed by atoms with van der Waals surface area (Å²) in [7, 11) is 0. The number of hydrogen-bond donors (Lipinski definition) is 3. The van der Waals surface area contributed by atoms with Crippen LogP contribution in [0.5, 0.6) is 0 Å². The van der Waals surface area contributed by atoms with Gasteiger partial charge in [0.2, 0.25) is 5.96 Å². The number of carbonyl (C=O) groups excluding carboxylic acids is 1. The summed E-state index contributed by atoms with van der Waals surface area (Å²) in [5, 5.41) is 10.6. The van der Waals surface area contributed by atoms with Gasteiger partial charge in [0, 0.05) is 22.7 Å². The maximum Gasteiger partial charge on any atom is 0.259 e. The van der Waals surface area contributed by atoms with E-state index in [1.54, 1.807) is 6.20 Å². The van der Waals surface area contributed by atoms with Crippen molar-refractivity contribution in [3.05, 3.63) is 36.0 Å². The highest BCUT2D eigenvalue weighted by atomic mass is 35.5. The molecule has 0 aliphatic carbocycles. The number of nitrogens with zero attached hydrogens (tertiary/aromatic N) is 2. The van der Waals surface area contributed by atoms with Gasteiger partial charge in [0.1, 0.15) is 0 Å². The maximum absolute atomic E-state index is 11.1. The van der Waals surface area contributed by atoms with Crippen molar-refractivity contribution in [2.24, 2.45) is 15.9 Å². The maximum atomic E-state index is 11.1. The Kier molecular flexibility index (Phi) is 4.60. The van der Waals surface area contributed by atoms with E-state index in [1.807, 2.05) is 24.3 Å². The van der Waals surface area contributed by atoms with E-state index in [0.29, 0.717) is 0 Å². The van der Waals surface area contributed by atoms with Crippen LogP contribution >= 0.6 is 23.2 Å². The fraction of sp³-hybridized carbons (Fsp3) is 0.0833. The van der Waals surface area contributed by atoms with E-state index in [1.165, 1.54) is 6.21 Å². The summed E-state index contributed by atoms with van der Waals surface area (Å²) in [5.74, 6) is -0.839. The number of amides is 1. The van der Waals surface area contributed by atoms with Gasteiger partial charge in [0.25, 0.3) is 5.91 Å². The number of guanidine groups is 1. The fourth-order valence-corrected chi connectivity index (χ4v) is 1.67. The third-order valence-electron chi connectivity index (χ3n) is 2.43. The Labute approximate surface area is 124 Å². The number of halogens is 2. The number of nitrogens with one attached hydrogen (secondary N) is 2. The molecule has 4 N–H and O–H groups in total. The quantitative estimate of drug-likeness (QED) is 0.348. The molecule has 0 atom stereocenters. The Morgan fingerprint density at radius 3 is 2.90 bits per heavy atom. The SMILES string of the molecule is N/C(=N\N=Cc1c[nH]c2ccccc12)NC(=O)C(Cl)Cl. The van der Waals surface area contributed by atoms with Gasteiger partial charge in [-0.15, -0.1) is 5.10 Å². The summed E-state index contributed by atoms with van der Waals surface area (Å²) >= 11 is 10.7. The van der Waals surface area contributed by atoms with Crippen molar-refractivity contribution in [1.29, 1.82) is 0 Å². The second-order valence-corrected chi connectivity index (χ2v) is 4.91. The van der Waals surface area contributed by atoms with Gasteiger partial charge >= 0.3 is 0 Å². The minimum absolute atomic E-state index is 0.183. The van der Waals surface area contributed by atoms with Gasteiger partial charge in [-0.1, -0.05) is 41.4 Å². The van der Waals surface area contributed by atoms with Crippen LogP contribution in [0.15, 0.2) is 40.7 Å². The van der Waals surface area contributed by atoms with Crippen molar-refractivity contribution in [2.75, 3.05) is 0 Å². The van der Waals surface area contributed by atoms with E-state index in [9.17, 15) is 4.79 Å². The molecule has 0 unspecified atom stereocenters. The third kappa shape index (κ3) is 3.49. The smallest absolute Gasteiger partial charge is 0.259 e. The van der Waals surface area contributed by atoms with Gasteiger partial charge in [-0.2, -0.15) is 5.10 Å². The monoisotopic (exact) mass is 311 g/mol. The number of alkyl halides is 2. The topological polar surface area (TPSA) is 95.6 Å². The highest BCUT2D eigenvalue weighted by Gasteiger charge is 2.11. The van der Waals surface area contributed by atoms with Crippen molar-refractivity contribution >= 4 is 52.2 Å². The summed E-state index contributed by atoms with van der Waals surface area (Å²) in [6.45, 7) is 0. The number of fused-ring (bicyclic) bond motifs is 1. The molecule has 0 saturated heterocycles. The Balaban J connectivity index is 2.08. The summed E-state index contributed by atoms with van der Waals surface area (Å²) in [5.41, 5.74) is 7.29. The molecule has 0 fully saturated rings. The highest BCUT2D eigenvalue weighted by molar-refractivity contribution is 6.54. The van der Waals surface area contributed by atoms with Crippen LogP contribution in [0.25, 0.3) is 10.9 Å². The Bertz CT molecular complexity index is 677. The molecule has 20 heavy (non-hydrogen) atoms. The molecule has 0 spiro atoms. The second kappa shape index (κ2) is 6.40. The van der Waals surface area contributed by atoms with Gasteiger partial charge in [-0.25, -0.2) is 0 Å². The summed E-state index contributed by atoms with van der Waals surface area (Å²) in [4.78, 5) is 13.0. The molecule has 0 aliphatic heterocycles. The van der Waals surface area contributed by atoms with Gasteiger partial charge in [-0.05, 0) is 6.07 Å². The fourth-order valence-electron chi connectivity index (χ4n) is 1.56. The van der Waals surface area contributed by atoms with Crippen molar-refractivity contribution < 1.29 is 4.79 Å². The van der Waals surface area contributed by atoms with Crippen LogP contribution in [0.4, 0.5) is 0 Å². The normalized spacial score (nSPS) is 12.4. The largest absolute Gasteiger partial charge is 0.368 e. The predicted octanol–water partition coefficient (Wildman–Crippen LogP) is 1.74. The number of aromatic amines is 1. The number of nitrogens with two attached hydrogens (primary N) is 1. The van der Waals surface area contributed by atoms with Gasteiger partial charge < -0.3 is 10.7 Å². The zero-order valence-corrected chi connectivity index (χ0v) is 11.7. The standard InChI is InChI=1S/C12H11Cl2N5O/c13-10(14)11(20)18-12(15)19-17-6-7-5-16-9-4-2-1-3-8(7)9/h1-6,10,16H,(H3,15,18,19,20). The molecule has 1 aromatic heterocycles. The minimum Gasteiger partial charge on any atom is -0.368 e.